The maximum atomic E-state index is 6.00. The molecule has 0 fully saturated rings. The first-order valence-corrected chi connectivity index (χ1v) is 6.35. The van der Waals surface area contributed by atoms with Crippen LogP contribution in [0.4, 0.5) is 5.69 Å². The summed E-state index contributed by atoms with van der Waals surface area (Å²) in [5.74, 6) is 1.66. The topological polar surface area (TPSA) is 47.7 Å². The molecule has 4 nitrogen and oxygen atoms in total. The van der Waals surface area contributed by atoms with Crippen molar-refractivity contribution >= 4 is 5.69 Å². The van der Waals surface area contributed by atoms with Crippen molar-refractivity contribution in [3.8, 4) is 11.5 Å². The van der Waals surface area contributed by atoms with Gasteiger partial charge in [0.1, 0.15) is 13.2 Å². The molecule has 0 saturated heterocycles. The average molecular weight is 250 g/mol. The molecule has 0 aromatic heterocycles. The van der Waals surface area contributed by atoms with Gasteiger partial charge >= 0.3 is 0 Å². The van der Waals surface area contributed by atoms with E-state index >= 15 is 0 Å². The molecule has 100 valence electrons. The summed E-state index contributed by atoms with van der Waals surface area (Å²) in [6.07, 6.45) is 0.942. The molecule has 4 heteroatoms. The van der Waals surface area contributed by atoms with E-state index in [1.54, 1.807) is 0 Å². The highest BCUT2D eigenvalue weighted by Crippen LogP contribution is 2.33. The third kappa shape index (κ3) is 3.29. The molecular formula is C14H22N2O2. The minimum Gasteiger partial charge on any atom is -0.486 e. The third-order valence-corrected chi connectivity index (χ3v) is 3.06. The Kier molecular flexibility index (Phi) is 3.66. The van der Waals surface area contributed by atoms with Gasteiger partial charge in [0, 0.05) is 30.9 Å². The Balaban J connectivity index is 2.04. The molecule has 2 rings (SSSR count). The fourth-order valence-corrected chi connectivity index (χ4v) is 1.85. The van der Waals surface area contributed by atoms with Crippen molar-refractivity contribution in [3.05, 3.63) is 18.2 Å². The number of fused-ring (bicyclic) bond motifs is 1. The van der Waals surface area contributed by atoms with Crippen LogP contribution in [0, 0.1) is 0 Å². The van der Waals surface area contributed by atoms with Crippen LogP contribution in [0.15, 0.2) is 18.2 Å². The van der Waals surface area contributed by atoms with Crippen molar-refractivity contribution in [2.24, 2.45) is 5.73 Å². The van der Waals surface area contributed by atoms with Gasteiger partial charge in [-0.05, 0) is 32.4 Å². The van der Waals surface area contributed by atoms with Crippen LogP contribution in [0.2, 0.25) is 0 Å². The summed E-state index contributed by atoms with van der Waals surface area (Å²) in [6, 6.07) is 6.04. The van der Waals surface area contributed by atoms with E-state index in [2.05, 4.69) is 18.0 Å². The molecule has 1 heterocycles. The van der Waals surface area contributed by atoms with Crippen molar-refractivity contribution in [3.63, 3.8) is 0 Å². The molecule has 2 N–H and O–H groups in total. The van der Waals surface area contributed by atoms with Gasteiger partial charge in [0.2, 0.25) is 0 Å². The van der Waals surface area contributed by atoms with Gasteiger partial charge in [0.25, 0.3) is 0 Å². The maximum absolute atomic E-state index is 6.00. The van der Waals surface area contributed by atoms with Gasteiger partial charge in [-0.2, -0.15) is 0 Å². The van der Waals surface area contributed by atoms with E-state index in [1.165, 1.54) is 0 Å². The van der Waals surface area contributed by atoms with Gasteiger partial charge < -0.3 is 20.1 Å². The van der Waals surface area contributed by atoms with Crippen LogP contribution >= 0.6 is 0 Å². The summed E-state index contributed by atoms with van der Waals surface area (Å²) < 4.78 is 11.1. The molecule has 0 saturated carbocycles. The fraction of sp³-hybridized carbons (Fsp3) is 0.571. The SMILES string of the molecule is CN(CCC(C)(C)N)c1ccc2c(c1)OCCO2. The summed E-state index contributed by atoms with van der Waals surface area (Å²) in [4.78, 5) is 2.19. The second-order valence-electron chi connectivity index (χ2n) is 5.49. The van der Waals surface area contributed by atoms with E-state index in [9.17, 15) is 0 Å². The van der Waals surface area contributed by atoms with E-state index in [0.29, 0.717) is 13.2 Å². The van der Waals surface area contributed by atoms with Crippen LogP contribution in [-0.4, -0.2) is 32.3 Å². The number of ether oxygens (including phenoxy) is 2. The molecule has 0 spiro atoms. The van der Waals surface area contributed by atoms with Crippen LogP contribution in [0.1, 0.15) is 20.3 Å². The van der Waals surface area contributed by atoms with Crippen molar-refractivity contribution < 1.29 is 9.47 Å². The predicted octanol–water partition coefficient (Wildman–Crippen LogP) is 2.02. The van der Waals surface area contributed by atoms with Gasteiger partial charge in [-0.15, -0.1) is 0 Å². The Morgan fingerprint density at radius 2 is 1.89 bits per heavy atom. The zero-order valence-electron chi connectivity index (χ0n) is 11.4. The minimum atomic E-state index is -0.137. The molecule has 0 atom stereocenters. The zero-order valence-corrected chi connectivity index (χ0v) is 11.4. The maximum Gasteiger partial charge on any atom is 0.163 e. The zero-order chi connectivity index (χ0) is 13.2. The monoisotopic (exact) mass is 250 g/mol. The number of benzene rings is 1. The quantitative estimate of drug-likeness (QED) is 0.888. The van der Waals surface area contributed by atoms with Crippen molar-refractivity contribution in [1.82, 2.24) is 0 Å². The Bertz CT molecular complexity index is 413. The number of hydrogen-bond donors (Lipinski definition) is 1. The van der Waals surface area contributed by atoms with Crippen LogP contribution in [0.25, 0.3) is 0 Å². The molecule has 18 heavy (non-hydrogen) atoms. The van der Waals surface area contributed by atoms with Crippen LogP contribution in [0.3, 0.4) is 0 Å². The van der Waals surface area contributed by atoms with Crippen molar-refractivity contribution in [1.29, 1.82) is 0 Å². The fourth-order valence-electron chi connectivity index (χ4n) is 1.85. The molecule has 1 aliphatic rings. The standard InChI is InChI=1S/C14H22N2O2/c1-14(2,15)6-7-16(3)11-4-5-12-13(10-11)18-9-8-17-12/h4-5,10H,6-9,15H2,1-3H3. The van der Waals surface area contributed by atoms with E-state index in [-0.39, 0.29) is 5.54 Å². The molecule has 0 radical (unpaired) electrons. The lowest BCUT2D eigenvalue weighted by molar-refractivity contribution is 0.171. The largest absolute Gasteiger partial charge is 0.486 e. The Labute approximate surface area is 109 Å². The number of nitrogens with zero attached hydrogens (tertiary/aromatic N) is 1. The molecular weight excluding hydrogens is 228 g/mol. The second-order valence-corrected chi connectivity index (χ2v) is 5.49. The summed E-state index contributed by atoms with van der Waals surface area (Å²) in [5.41, 5.74) is 6.99. The van der Waals surface area contributed by atoms with E-state index < -0.39 is 0 Å². The predicted molar refractivity (Wildman–Crippen MR) is 73.6 cm³/mol. The summed E-state index contributed by atoms with van der Waals surface area (Å²) >= 11 is 0. The molecule has 0 unspecified atom stereocenters. The lowest BCUT2D eigenvalue weighted by Crippen LogP contribution is -2.36. The third-order valence-electron chi connectivity index (χ3n) is 3.06. The number of rotatable bonds is 4. The van der Waals surface area contributed by atoms with Crippen LogP contribution in [-0.2, 0) is 0 Å². The molecule has 1 aromatic carbocycles. The average Bonchev–Trinajstić information content (AvgIpc) is 2.34. The smallest absolute Gasteiger partial charge is 0.163 e. The van der Waals surface area contributed by atoms with Gasteiger partial charge in [0.15, 0.2) is 11.5 Å². The van der Waals surface area contributed by atoms with E-state index in [4.69, 9.17) is 15.2 Å². The minimum absolute atomic E-state index is 0.137. The van der Waals surface area contributed by atoms with E-state index in [1.807, 2.05) is 26.0 Å². The number of anilines is 1. The summed E-state index contributed by atoms with van der Waals surface area (Å²) in [6.45, 7) is 6.26. The van der Waals surface area contributed by atoms with Gasteiger partial charge in [0.05, 0.1) is 0 Å². The Hall–Kier alpha value is -1.42. The number of hydrogen-bond acceptors (Lipinski definition) is 4. The Morgan fingerprint density at radius 3 is 2.56 bits per heavy atom. The molecule has 0 bridgehead atoms. The van der Waals surface area contributed by atoms with Crippen molar-refractivity contribution in [2.75, 3.05) is 31.7 Å². The van der Waals surface area contributed by atoms with Crippen LogP contribution in [0.5, 0.6) is 11.5 Å². The Morgan fingerprint density at radius 1 is 1.22 bits per heavy atom. The van der Waals surface area contributed by atoms with Crippen molar-refractivity contribution in [2.45, 2.75) is 25.8 Å². The first-order valence-electron chi connectivity index (χ1n) is 6.35. The molecule has 1 aromatic rings. The van der Waals surface area contributed by atoms with E-state index in [0.717, 1.165) is 30.2 Å². The van der Waals surface area contributed by atoms with Gasteiger partial charge in [-0.3, -0.25) is 0 Å². The van der Waals surface area contributed by atoms with Gasteiger partial charge in [-0.1, -0.05) is 0 Å². The highest BCUT2D eigenvalue weighted by atomic mass is 16.6. The first-order chi connectivity index (χ1) is 8.46. The summed E-state index contributed by atoms with van der Waals surface area (Å²) in [7, 11) is 2.07. The lowest BCUT2D eigenvalue weighted by Gasteiger charge is -2.26. The second kappa shape index (κ2) is 5.06. The lowest BCUT2D eigenvalue weighted by atomic mass is 10.0. The highest BCUT2D eigenvalue weighted by Gasteiger charge is 2.15. The normalized spacial score (nSPS) is 14.4. The molecule has 0 aliphatic carbocycles. The van der Waals surface area contributed by atoms with Gasteiger partial charge in [-0.25, -0.2) is 0 Å². The highest BCUT2D eigenvalue weighted by molar-refractivity contribution is 5.56. The summed E-state index contributed by atoms with van der Waals surface area (Å²) in [5, 5.41) is 0. The first kappa shape index (κ1) is 13.0. The number of nitrogens with two attached hydrogens (primary N) is 1. The molecule has 1 aliphatic heterocycles. The van der Waals surface area contributed by atoms with Crippen LogP contribution < -0.4 is 20.1 Å². The molecule has 0 amide bonds.